The second-order valence-corrected chi connectivity index (χ2v) is 5.87. The Kier molecular flexibility index (Phi) is 10.3. The Morgan fingerprint density at radius 2 is 2.00 bits per heavy atom. The first-order valence-electron chi connectivity index (χ1n) is 8.29. The van der Waals surface area contributed by atoms with Crippen LogP contribution in [0.3, 0.4) is 0 Å². The van der Waals surface area contributed by atoms with Crippen molar-refractivity contribution in [3.8, 4) is 0 Å². The Balaban J connectivity index is 0.00000242. The van der Waals surface area contributed by atoms with Crippen molar-refractivity contribution in [1.82, 2.24) is 20.2 Å². The molecule has 1 aliphatic carbocycles. The number of imidazole rings is 1. The number of hydrogen-bond acceptors (Lipinski definition) is 2. The van der Waals surface area contributed by atoms with Gasteiger partial charge in [-0.25, -0.2) is 4.98 Å². The normalized spacial score (nSPS) is 16.1. The third-order valence-corrected chi connectivity index (χ3v) is 4.25. The Labute approximate surface area is 151 Å². The Morgan fingerprint density at radius 3 is 2.68 bits per heavy atom. The molecule has 126 valence electrons. The highest BCUT2D eigenvalue weighted by molar-refractivity contribution is 14.0. The summed E-state index contributed by atoms with van der Waals surface area (Å²) in [6.45, 7) is 2.78. The first kappa shape index (κ1) is 19.3. The van der Waals surface area contributed by atoms with Gasteiger partial charge in [0.25, 0.3) is 0 Å². The monoisotopic (exact) mass is 419 g/mol. The predicted octanol–water partition coefficient (Wildman–Crippen LogP) is 3.03. The molecule has 6 heteroatoms. The van der Waals surface area contributed by atoms with Gasteiger partial charge in [0.2, 0.25) is 0 Å². The molecule has 0 unspecified atom stereocenters. The lowest BCUT2D eigenvalue weighted by Crippen LogP contribution is -2.39. The van der Waals surface area contributed by atoms with Crippen LogP contribution in [0.1, 0.15) is 44.9 Å². The van der Waals surface area contributed by atoms with Crippen molar-refractivity contribution in [3.63, 3.8) is 0 Å². The van der Waals surface area contributed by atoms with Gasteiger partial charge in [-0.15, -0.1) is 24.0 Å². The van der Waals surface area contributed by atoms with E-state index in [2.05, 4.69) is 25.2 Å². The van der Waals surface area contributed by atoms with E-state index in [4.69, 9.17) is 0 Å². The Bertz CT molecular complexity index is 399. The quantitative estimate of drug-likeness (QED) is 0.309. The summed E-state index contributed by atoms with van der Waals surface area (Å²) in [6.07, 6.45) is 15.4. The number of nitrogens with zero attached hydrogens (tertiary/aromatic N) is 3. The molecule has 1 saturated carbocycles. The highest BCUT2D eigenvalue weighted by atomic mass is 127. The number of guanidine groups is 1. The second-order valence-electron chi connectivity index (χ2n) is 5.87. The predicted molar refractivity (Wildman–Crippen MR) is 103 cm³/mol. The number of rotatable bonds is 7. The van der Waals surface area contributed by atoms with Crippen LogP contribution >= 0.6 is 24.0 Å². The summed E-state index contributed by atoms with van der Waals surface area (Å²) < 4.78 is 2.06. The molecule has 1 fully saturated rings. The number of aromatic nitrogens is 2. The fraction of sp³-hybridized carbons (Fsp3) is 0.750. The van der Waals surface area contributed by atoms with Gasteiger partial charge < -0.3 is 15.2 Å². The lowest BCUT2D eigenvalue weighted by atomic mass is 9.86. The smallest absolute Gasteiger partial charge is 0.191 e. The van der Waals surface area contributed by atoms with Crippen molar-refractivity contribution in [2.45, 2.75) is 51.5 Å². The zero-order chi connectivity index (χ0) is 14.8. The molecular formula is C16H30IN5. The van der Waals surface area contributed by atoms with Crippen molar-refractivity contribution in [2.75, 3.05) is 20.1 Å². The van der Waals surface area contributed by atoms with Crippen LogP contribution in [-0.4, -0.2) is 35.6 Å². The highest BCUT2D eigenvalue weighted by Gasteiger charge is 2.12. The molecule has 0 amide bonds. The minimum absolute atomic E-state index is 0. The largest absolute Gasteiger partial charge is 0.356 e. The molecule has 0 aromatic carbocycles. The highest BCUT2D eigenvalue weighted by Crippen LogP contribution is 2.26. The Morgan fingerprint density at radius 1 is 1.23 bits per heavy atom. The summed E-state index contributed by atoms with van der Waals surface area (Å²) in [5, 5.41) is 6.74. The second kappa shape index (κ2) is 11.7. The van der Waals surface area contributed by atoms with E-state index in [-0.39, 0.29) is 24.0 Å². The third-order valence-electron chi connectivity index (χ3n) is 4.25. The molecule has 0 spiro atoms. The van der Waals surface area contributed by atoms with Gasteiger partial charge in [-0.05, 0) is 18.8 Å². The number of halogens is 1. The summed E-state index contributed by atoms with van der Waals surface area (Å²) in [5.74, 6) is 1.87. The van der Waals surface area contributed by atoms with E-state index >= 15 is 0 Å². The van der Waals surface area contributed by atoms with Gasteiger partial charge in [-0.1, -0.05) is 32.1 Å². The van der Waals surface area contributed by atoms with Gasteiger partial charge in [0.1, 0.15) is 0 Å². The maximum atomic E-state index is 4.26. The zero-order valence-corrected chi connectivity index (χ0v) is 16.0. The van der Waals surface area contributed by atoms with Crippen molar-refractivity contribution in [3.05, 3.63) is 18.7 Å². The molecule has 22 heavy (non-hydrogen) atoms. The summed E-state index contributed by atoms with van der Waals surface area (Å²) in [6, 6.07) is 0. The van der Waals surface area contributed by atoms with Gasteiger partial charge in [-0.3, -0.25) is 4.99 Å². The van der Waals surface area contributed by atoms with Gasteiger partial charge in [0.05, 0.1) is 6.33 Å². The maximum absolute atomic E-state index is 4.26. The molecule has 0 radical (unpaired) electrons. The fourth-order valence-corrected chi connectivity index (χ4v) is 3.02. The molecule has 2 N–H and O–H groups in total. The van der Waals surface area contributed by atoms with E-state index in [1.54, 1.807) is 6.20 Å². The summed E-state index contributed by atoms with van der Waals surface area (Å²) in [4.78, 5) is 8.30. The molecule has 0 bridgehead atoms. The molecule has 1 aromatic rings. The molecule has 1 aliphatic rings. The summed E-state index contributed by atoms with van der Waals surface area (Å²) in [7, 11) is 1.83. The molecule has 0 saturated heterocycles. The topological polar surface area (TPSA) is 54.2 Å². The first-order valence-corrected chi connectivity index (χ1v) is 8.29. The fourth-order valence-electron chi connectivity index (χ4n) is 3.02. The lowest BCUT2D eigenvalue weighted by Gasteiger charge is -2.21. The van der Waals surface area contributed by atoms with Gasteiger partial charge >= 0.3 is 0 Å². The number of hydrogen-bond donors (Lipinski definition) is 2. The van der Waals surface area contributed by atoms with Crippen LogP contribution in [0.25, 0.3) is 0 Å². The molecule has 0 aliphatic heterocycles. The van der Waals surface area contributed by atoms with Crippen LogP contribution in [0, 0.1) is 5.92 Å². The van der Waals surface area contributed by atoms with Crippen molar-refractivity contribution < 1.29 is 0 Å². The summed E-state index contributed by atoms with van der Waals surface area (Å²) >= 11 is 0. The van der Waals surface area contributed by atoms with Gasteiger partial charge in [0, 0.05) is 39.1 Å². The molecular weight excluding hydrogens is 389 g/mol. The van der Waals surface area contributed by atoms with E-state index in [9.17, 15) is 0 Å². The minimum Gasteiger partial charge on any atom is -0.356 e. The standard InChI is InChI=1S/C16H29N5.HI/c1-17-16(20-11-13-21-12-10-18-14-21)19-9-5-8-15-6-3-2-4-7-15;/h10,12,14-15H,2-9,11,13H2,1H3,(H2,17,19,20);1H. The van der Waals surface area contributed by atoms with Gasteiger partial charge in [-0.2, -0.15) is 0 Å². The molecule has 5 nitrogen and oxygen atoms in total. The van der Waals surface area contributed by atoms with E-state index in [0.717, 1.165) is 31.5 Å². The molecule has 2 rings (SSSR count). The van der Waals surface area contributed by atoms with Crippen molar-refractivity contribution in [1.29, 1.82) is 0 Å². The van der Waals surface area contributed by atoms with Crippen LogP contribution in [0.4, 0.5) is 0 Å². The van der Waals surface area contributed by atoms with Crippen molar-refractivity contribution in [2.24, 2.45) is 10.9 Å². The van der Waals surface area contributed by atoms with Crippen molar-refractivity contribution >= 4 is 29.9 Å². The lowest BCUT2D eigenvalue weighted by molar-refractivity contribution is 0.332. The van der Waals surface area contributed by atoms with Crippen LogP contribution in [0.15, 0.2) is 23.7 Å². The number of aliphatic imine (C=N–C) groups is 1. The molecule has 1 aromatic heterocycles. The average molecular weight is 419 g/mol. The SMILES string of the molecule is CN=C(NCCCC1CCCCC1)NCCn1ccnc1.I. The van der Waals surface area contributed by atoms with E-state index in [1.807, 2.05) is 19.6 Å². The minimum atomic E-state index is 0. The van der Waals surface area contributed by atoms with Crippen LogP contribution < -0.4 is 10.6 Å². The number of nitrogens with one attached hydrogen (secondary N) is 2. The third kappa shape index (κ3) is 7.47. The Hall–Kier alpha value is -0.790. The summed E-state index contributed by atoms with van der Waals surface area (Å²) in [5.41, 5.74) is 0. The molecule has 1 heterocycles. The van der Waals surface area contributed by atoms with Crippen LogP contribution in [0.2, 0.25) is 0 Å². The van der Waals surface area contributed by atoms with Crippen LogP contribution in [-0.2, 0) is 6.54 Å². The maximum Gasteiger partial charge on any atom is 0.191 e. The first-order chi connectivity index (χ1) is 10.4. The average Bonchev–Trinajstić information content (AvgIpc) is 3.04. The van der Waals surface area contributed by atoms with E-state index < -0.39 is 0 Å². The van der Waals surface area contributed by atoms with E-state index in [1.165, 1.54) is 44.9 Å². The van der Waals surface area contributed by atoms with Crippen LogP contribution in [0.5, 0.6) is 0 Å². The van der Waals surface area contributed by atoms with E-state index in [0.29, 0.717) is 0 Å². The molecule has 0 atom stereocenters. The van der Waals surface area contributed by atoms with Gasteiger partial charge in [0.15, 0.2) is 5.96 Å². The zero-order valence-electron chi connectivity index (χ0n) is 13.6.